The predicted molar refractivity (Wildman–Crippen MR) is 445 cm³/mol. The van der Waals surface area contributed by atoms with Crippen LogP contribution in [0.15, 0.2) is 146 Å². The van der Waals surface area contributed by atoms with E-state index in [4.69, 9.17) is 37.0 Å². The number of unbranched alkanes of at least 4 members (excludes halogenated alkanes) is 28. The highest BCUT2D eigenvalue weighted by Crippen LogP contribution is 2.45. The Kier molecular flexibility index (Phi) is 76.3. The molecule has 0 aliphatic heterocycles. The number of carbonyl (C=O) groups excluding carboxylic acids is 4. The molecule has 19 heteroatoms. The van der Waals surface area contributed by atoms with Gasteiger partial charge in [0, 0.05) is 25.7 Å². The first kappa shape index (κ1) is 103. The lowest BCUT2D eigenvalue weighted by Gasteiger charge is -2.21. The van der Waals surface area contributed by atoms with Gasteiger partial charge in [-0.1, -0.05) is 308 Å². The van der Waals surface area contributed by atoms with Crippen molar-refractivity contribution in [1.29, 1.82) is 0 Å². The van der Waals surface area contributed by atoms with E-state index in [-0.39, 0.29) is 25.7 Å². The summed E-state index contributed by atoms with van der Waals surface area (Å²) in [7, 11) is -9.98. The van der Waals surface area contributed by atoms with Gasteiger partial charge in [0.05, 0.1) is 26.4 Å². The van der Waals surface area contributed by atoms with Gasteiger partial charge in [-0.2, -0.15) is 0 Å². The van der Waals surface area contributed by atoms with Gasteiger partial charge in [0.1, 0.15) is 19.3 Å². The molecular formula is C89H150O17P2. The van der Waals surface area contributed by atoms with E-state index in [9.17, 15) is 43.2 Å². The summed E-state index contributed by atoms with van der Waals surface area (Å²) in [6.07, 6.45) is 92.4. The Morgan fingerprint density at radius 3 is 0.769 bits per heavy atom. The molecule has 108 heavy (non-hydrogen) atoms. The predicted octanol–water partition coefficient (Wildman–Crippen LogP) is 25.0. The molecule has 0 aromatic rings. The van der Waals surface area contributed by atoms with E-state index < -0.39 is 97.5 Å². The zero-order valence-corrected chi connectivity index (χ0v) is 69.5. The number of hydrogen-bond donors (Lipinski definition) is 3. The maximum absolute atomic E-state index is 13.1. The number of phosphoric acid groups is 2. The third-order valence-electron chi connectivity index (χ3n) is 17.3. The Morgan fingerprint density at radius 2 is 0.481 bits per heavy atom. The lowest BCUT2D eigenvalue weighted by molar-refractivity contribution is -0.161. The Bertz CT molecular complexity index is 2610. The van der Waals surface area contributed by atoms with Gasteiger partial charge in [0.15, 0.2) is 12.2 Å². The molecular weight excluding hydrogens is 1400 g/mol. The average molecular weight is 1550 g/mol. The van der Waals surface area contributed by atoms with Crippen molar-refractivity contribution in [1.82, 2.24) is 0 Å². The number of allylic oxidation sites excluding steroid dienone is 24. The Labute approximate surface area is 656 Å². The number of aliphatic hydroxyl groups excluding tert-OH is 1. The van der Waals surface area contributed by atoms with Crippen LogP contribution in [0.1, 0.15) is 336 Å². The van der Waals surface area contributed by atoms with Crippen molar-refractivity contribution in [2.24, 2.45) is 0 Å². The van der Waals surface area contributed by atoms with E-state index in [1.165, 1.54) is 57.8 Å². The molecule has 0 aromatic heterocycles. The average Bonchev–Trinajstić information content (AvgIpc) is 0.917. The third kappa shape index (κ3) is 79.0. The van der Waals surface area contributed by atoms with E-state index >= 15 is 0 Å². The van der Waals surface area contributed by atoms with Gasteiger partial charge >= 0.3 is 39.5 Å². The summed E-state index contributed by atoms with van der Waals surface area (Å²) in [4.78, 5) is 73.2. The highest BCUT2D eigenvalue weighted by Gasteiger charge is 2.30. The SMILES string of the molecule is CC/C=C\C/C=C\C/C=C\C/C=C\C/C=C\CCCCCC(=O)OCC(COP(=O)(O)OCC(O)COP(=O)(O)OCC(COC(=O)CCCCCCCC/C=C\C/C=C\C/C=C\CCCCC)OC(=O)CCCCCCCCCCCCC)OC(=O)CCCCCCCC/C=C\C/C=C\C/C=C\C/C=C\CC. The molecule has 3 N–H and O–H groups in total. The van der Waals surface area contributed by atoms with Gasteiger partial charge in [-0.3, -0.25) is 37.3 Å². The first-order valence-electron chi connectivity index (χ1n) is 42.1. The fourth-order valence-corrected chi connectivity index (χ4v) is 12.5. The minimum atomic E-state index is -5.00. The molecule has 0 aliphatic carbocycles. The molecule has 0 aliphatic rings. The highest BCUT2D eigenvalue weighted by molar-refractivity contribution is 7.47. The molecule has 5 unspecified atom stereocenters. The number of hydrogen-bond acceptors (Lipinski definition) is 15. The smallest absolute Gasteiger partial charge is 0.462 e. The second-order valence-corrected chi connectivity index (χ2v) is 30.6. The van der Waals surface area contributed by atoms with Gasteiger partial charge < -0.3 is 33.8 Å². The van der Waals surface area contributed by atoms with Gasteiger partial charge in [-0.05, 0) is 148 Å². The Morgan fingerprint density at radius 1 is 0.269 bits per heavy atom. The van der Waals surface area contributed by atoms with Crippen molar-refractivity contribution >= 4 is 39.5 Å². The first-order valence-corrected chi connectivity index (χ1v) is 45.1. The van der Waals surface area contributed by atoms with Crippen LogP contribution < -0.4 is 0 Å². The fourth-order valence-electron chi connectivity index (χ4n) is 11.0. The summed E-state index contributed by atoms with van der Waals surface area (Å²) in [6.45, 7) is 4.57. The Balaban J connectivity index is 5.39. The van der Waals surface area contributed by atoms with Crippen LogP contribution in [0.25, 0.3) is 0 Å². The molecule has 0 heterocycles. The molecule has 0 aromatic carbocycles. The zero-order chi connectivity index (χ0) is 78.9. The fraction of sp³-hybridized carbons (Fsp3) is 0.685. The van der Waals surface area contributed by atoms with E-state index in [0.29, 0.717) is 25.7 Å². The van der Waals surface area contributed by atoms with Crippen molar-refractivity contribution in [3.63, 3.8) is 0 Å². The van der Waals surface area contributed by atoms with Gasteiger partial charge in [-0.15, -0.1) is 0 Å². The van der Waals surface area contributed by atoms with Gasteiger partial charge in [-0.25, -0.2) is 9.13 Å². The molecule has 0 rings (SSSR count). The van der Waals surface area contributed by atoms with Crippen molar-refractivity contribution in [3.8, 4) is 0 Å². The van der Waals surface area contributed by atoms with Crippen molar-refractivity contribution in [2.45, 2.75) is 354 Å². The number of aliphatic hydroxyl groups is 1. The molecule has 0 radical (unpaired) electrons. The third-order valence-corrected chi connectivity index (χ3v) is 19.2. The van der Waals surface area contributed by atoms with E-state index in [1.54, 1.807) is 0 Å². The summed E-state index contributed by atoms with van der Waals surface area (Å²) in [5, 5.41) is 10.7. The topological polar surface area (TPSA) is 237 Å². The van der Waals surface area contributed by atoms with Crippen LogP contribution in [0.5, 0.6) is 0 Å². The molecule has 5 atom stereocenters. The zero-order valence-electron chi connectivity index (χ0n) is 67.7. The molecule has 618 valence electrons. The van der Waals surface area contributed by atoms with Crippen LogP contribution in [-0.2, 0) is 65.4 Å². The summed E-state index contributed by atoms with van der Waals surface area (Å²) in [6, 6.07) is 0. The van der Waals surface area contributed by atoms with E-state index in [0.717, 1.165) is 199 Å². The number of phosphoric ester groups is 2. The molecule has 0 fully saturated rings. The minimum absolute atomic E-state index is 0.0670. The number of rotatable bonds is 78. The molecule has 0 amide bonds. The van der Waals surface area contributed by atoms with Crippen LogP contribution in [-0.4, -0.2) is 96.7 Å². The highest BCUT2D eigenvalue weighted by atomic mass is 31.2. The summed E-state index contributed by atoms with van der Waals surface area (Å²) in [5.41, 5.74) is 0. The van der Waals surface area contributed by atoms with E-state index in [2.05, 4.69) is 174 Å². The first-order chi connectivity index (χ1) is 52.7. The van der Waals surface area contributed by atoms with Gasteiger partial charge in [0.25, 0.3) is 0 Å². The van der Waals surface area contributed by atoms with Gasteiger partial charge in [0.2, 0.25) is 0 Å². The lowest BCUT2D eigenvalue weighted by Crippen LogP contribution is -2.30. The lowest BCUT2D eigenvalue weighted by atomic mass is 10.1. The number of ether oxygens (including phenoxy) is 4. The van der Waals surface area contributed by atoms with Crippen LogP contribution in [0, 0.1) is 0 Å². The van der Waals surface area contributed by atoms with Crippen molar-refractivity contribution < 1.29 is 80.2 Å². The summed E-state index contributed by atoms with van der Waals surface area (Å²) >= 11 is 0. The quantitative estimate of drug-likeness (QED) is 0.0169. The molecule has 0 spiro atoms. The summed E-state index contributed by atoms with van der Waals surface area (Å²) in [5.74, 6) is -2.23. The number of esters is 4. The normalized spacial score (nSPS) is 14.5. The monoisotopic (exact) mass is 1550 g/mol. The van der Waals surface area contributed by atoms with E-state index in [1.807, 2.05) is 0 Å². The maximum atomic E-state index is 13.1. The van der Waals surface area contributed by atoms with Crippen LogP contribution in [0.2, 0.25) is 0 Å². The Hall–Kier alpha value is -5.06. The van der Waals surface area contributed by atoms with Crippen LogP contribution >= 0.6 is 15.6 Å². The second-order valence-electron chi connectivity index (χ2n) is 27.7. The maximum Gasteiger partial charge on any atom is 0.472 e. The molecule has 0 saturated carbocycles. The van der Waals surface area contributed by atoms with Crippen molar-refractivity contribution in [2.75, 3.05) is 39.6 Å². The number of carbonyl (C=O) groups is 4. The summed E-state index contributed by atoms with van der Waals surface area (Å²) < 4.78 is 68.7. The molecule has 0 bridgehead atoms. The van der Waals surface area contributed by atoms with Crippen LogP contribution in [0.3, 0.4) is 0 Å². The molecule has 17 nitrogen and oxygen atoms in total. The largest absolute Gasteiger partial charge is 0.472 e. The molecule has 0 saturated heterocycles. The minimum Gasteiger partial charge on any atom is -0.462 e. The van der Waals surface area contributed by atoms with Crippen LogP contribution in [0.4, 0.5) is 0 Å². The standard InChI is InChI=1S/C89H150O17P2/c1-5-9-13-17-21-25-29-32-35-38-41-44-47-50-54-57-61-65-69-73-86(91)99-79-84(105-88(93)75-71-67-63-59-53-28-24-20-16-12-8-4)81-103-107(95,96)101-77-83(90)78-102-108(97,98)104-82-85(106-89(94)76-72-68-64-60-56-52-49-46-43-40-37-34-31-27-23-19-15-11-7-3)80-100-87(92)74-70-66-62-58-55-51-48-45-42-39-36-33-30-26-22-18-14-10-6-2/h10-11,14-15,21-23,25-27,32-37,41-46,51,55,83-85,90H,5-9,12-13,16-20,24,28-31,38-40,47-50,52-54,56-82H2,1-4H3,(H,95,96)(H,97,98)/b14-10-,15-11-,25-21-,26-22-,27-23-,35-32-,36-33-,37-34-,44-41-,45-42-,46-43-,55-51-. The second kappa shape index (κ2) is 80.0. The van der Waals surface area contributed by atoms with Crippen molar-refractivity contribution in [3.05, 3.63) is 146 Å².